The van der Waals surface area contributed by atoms with Crippen LogP contribution < -0.4 is 0 Å². The van der Waals surface area contributed by atoms with Crippen LogP contribution in [0.5, 0.6) is 0 Å². The smallest absolute Gasteiger partial charge is 0.410 e. The highest BCUT2D eigenvalue weighted by molar-refractivity contribution is 6.30. The summed E-state index contributed by atoms with van der Waals surface area (Å²) in [5, 5.41) is 10.3. The molecule has 0 fully saturated rings. The summed E-state index contributed by atoms with van der Waals surface area (Å²) in [4.78, 5) is 26.2. The molecule has 5 nitrogen and oxygen atoms in total. The Hall–Kier alpha value is -3.31. The van der Waals surface area contributed by atoms with Crippen molar-refractivity contribution in [2.45, 2.75) is 24.9 Å². The lowest BCUT2D eigenvalue weighted by molar-refractivity contribution is -0.143. The second-order valence-electron chi connectivity index (χ2n) is 7.90. The number of benzene rings is 3. The van der Waals surface area contributed by atoms with Crippen molar-refractivity contribution in [1.82, 2.24) is 4.90 Å². The molecule has 0 bridgehead atoms. The van der Waals surface area contributed by atoms with Gasteiger partial charge in [-0.05, 0) is 45.5 Å². The van der Waals surface area contributed by atoms with Crippen LogP contribution in [0.15, 0.2) is 66.7 Å². The van der Waals surface area contributed by atoms with E-state index in [1.165, 1.54) is 4.90 Å². The van der Waals surface area contributed by atoms with Gasteiger partial charge in [0.1, 0.15) is 12.6 Å². The summed E-state index contributed by atoms with van der Waals surface area (Å²) in [6.07, 6.45) is -0.412. The molecule has 1 aliphatic heterocycles. The lowest BCUT2D eigenvalue weighted by atomic mass is 9.94. The van der Waals surface area contributed by atoms with E-state index in [1.54, 1.807) is 12.1 Å². The van der Waals surface area contributed by atoms with E-state index in [0.29, 0.717) is 5.02 Å². The van der Waals surface area contributed by atoms with Gasteiger partial charge in [-0.25, -0.2) is 9.59 Å². The van der Waals surface area contributed by atoms with Crippen LogP contribution >= 0.6 is 11.6 Å². The first kappa shape index (κ1) is 19.6. The van der Waals surface area contributed by atoms with Gasteiger partial charge in [0.25, 0.3) is 0 Å². The number of carboxylic acids is 1. The first-order chi connectivity index (χ1) is 15.0. The SMILES string of the molecule is O=C(O)[C@@H]1Cc2cc(Cl)ccc2CN1C(=O)OCC1c2ccccc2-c2ccccc21. The van der Waals surface area contributed by atoms with E-state index in [0.717, 1.165) is 33.4 Å². The van der Waals surface area contributed by atoms with Crippen molar-refractivity contribution in [3.8, 4) is 11.1 Å². The van der Waals surface area contributed by atoms with Crippen molar-refractivity contribution in [3.05, 3.63) is 94.0 Å². The van der Waals surface area contributed by atoms with Crippen LogP contribution in [0.2, 0.25) is 5.02 Å². The number of aliphatic carboxylic acids is 1. The molecule has 156 valence electrons. The van der Waals surface area contributed by atoms with E-state index in [1.807, 2.05) is 30.3 Å². The van der Waals surface area contributed by atoms with E-state index in [9.17, 15) is 14.7 Å². The Balaban J connectivity index is 1.38. The Kier molecular flexibility index (Phi) is 4.91. The number of nitrogens with zero attached hydrogens (tertiary/aromatic N) is 1. The number of hydrogen-bond donors (Lipinski definition) is 1. The summed E-state index contributed by atoms with van der Waals surface area (Å²) in [5.41, 5.74) is 6.26. The van der Waals surface area contributed by atoms with Crippen molar-refractivity contribution in [3.63, 3.8) is 0 Å². The summed E-state index contributed by atoms with van der Waals surface area (Å²) >= 11 is 6.06. The summed E-state index contributed by atoms with van der Waals surface area (Å²) in [5.74, 6) is -1.13. The highest BCUT2D eigenvalue weighted by atomic mass is 35.5. The molecule has 0 aromatic heterocycles. The average Bonchev–Trinajstić information content (AvgIpc) is 3.10. The molecule has 0 radical (unpaired) electrons. The first-order valence-electron chi connectivity index (χ1n) is 10.1. The zero-order chi connectivity index (χ0) is 21.5. The second-order valence-corrected chi connectivity index (χ2v) is 8.34. The molecular weight excluding hydrogens is 414 g/mol. The molecule has 0 unspecified atom stereocenters. The van der Waals surface area contributed by atoms with Gasteiger partial charge in [0.2, 0.25) is 0 Å². The minimum atomic E-state index is -1.06. The van der Waals surface area contributed by atoms with E-state index >= 15 is 0 Å². The summed E-state index contributed by atoms with van der Waals surface area (Å²) in [6.45, 7) is 0.337. The van der Waals surface area contributed by atoms with Gasteiger partial charge in [0.05, 0.1) is 6.54 Å². The fourth-order valence-corrected chi connectivity index (χ4v) is 4.84. The quantitative estimate of drug-likeness (QED) is 0.624. The molecule has 31 heavy (non-hydrogen) atoms. The van der Waals surface area contributed by atoms with Gasteiger partial charge in [-0.2, -0.15) is 0 Å². The van der Waals surface area contributed by atoms with E-state index < -0.39 is 18.1 Å². The number of carbonyl (C=O) groups excluding carboxylic acids is 1. The molecule has 1 N–H and O–H groups in total. The monoisotopic (exact) mass is 433 g/mol. The van der Waals surface area contributed by atoms with Gasteiger partial charge in [-0.15, -0.1) is 0 Å². The molecule has 0 saturated heterocycles. The Bertz CT molecular complexity index is 1150. The van der Waals surface area contributed by atoms with Gasteiger partial charge in [0.15, 0.2) is 0 Å². The number of rotatable bonds is 3. The van der Waals surface area contributed by atoms with Crippen LogP contribution in [0, 0.1) is 0 Å². The highest BCUT2D eigenvalue weighted by Crippen LogP contribution is 2.44. The molecule has 3 aromatic carbocycles. The lowest BCUT2D eigenvalue weighted by Gasteiger charge is -2.34. The molecule has 1 heterocycles. The third kappa shape index (κ3) is 3.45. The first-order valence-corrected chi connectivity index (χ1v) is 10.5. The Morgan fingerprint density at radius 2 is 1.61 bits per heavy atom. The molecular formula is C25H20ClNO4. The lowest BCUT2D eigenvalue weighted by Crippen LogP contribution is -2.49. The molecule has 1 atom stereocenters. The molecule has 3 aromatic rings. The minimum Gasteiger partial charge on any atom is -0.480 e. The maximum Gasteiger partial charge on any atom is 0.410 e. The fraction of sp³-hybridized carbons (Fsp3) is 0.200. The minimum absolute atomic E-state index is 0.0736. The number of carbonyl (C=O) groups is 2. The molecule has 1 aliphatic carbocycles. The standard InChI is InChI=1S/C25H20ClNO4/c26-17-10-9-15-13-27(23(24(28)29)12-16(15)11-17)25(30)31-14-22-20-7-3-1-5-18(20)19-6-2-4-8-21(19)22/h1-11,22-23H,12-14H2,(H,28,29)/t23-/m0/s1. The predicted octanol–water partition coefficient (Wildman–Crippen LogP) is 5.10. The van der Waals surface area contributed by atoms with Gasteiger partial charge in [-0.1, -0.05) is 66.2 Å². The van der Waals surface area contributed by atoms with Crippen molar-refractivity contribution in [1.29, 1.82) is 0 Å². The van der Waals surface area contributed by atoms with Gasteiger partial charge in [-0.3, -0.25) is 4.90 Å². The van der Waals surface area contributed by atoms with E-state index in [4.69, 9.17) is 16.3 Å². The Morgan fingerprint density at radius 1 is 0.968 bits per heavy atom. The fourth-order valence-electron chi connectivity index (χ4n) is 4.64. The molecule has 6 heteroatoms. The highest BCUT2D eigenvalue weighted by Gasteiger charge is 2.37. The van der Waals surface area contributed by atoms with Crippen molar-refractivity contribution in [2.75, 3.05) is 6.61 Å². The van der Waals surface area contributed by atoms with Crippen molar-refractivity contribution in [2.24, 2.45) is 0 Å². The summed E-state index contributed by atoms with van der Waals surface area (Å²) in [6, 6.07) is 20.6. The molecule has 0 saturated carbocycles. The summed E-state index contributed by atoms with van der Waals surface area (Å²) in [7, 11) is 0. The summed E-state index contributed by atoms with van der Waals surface area (Å²) < 4.78 is 5.70. The third-order valence-electron chi connectivity index (χ3n) is 6.15. The van der Waals surface area contributed by atoms with Crippen LogP contribution in [0.1, 0.15) is 28.2 Å². The Morgan fingerprint density at radius 3 is 2.26 bits per heavy atom. The molecule has 5 rings (SSSR count). The number of fused-ring (bicyclic) bond motifs is 4. The predicted molar refractivity (Wildman–Crippen MR) is 117 cm³/mol. The number of ether oxygens (including phenoxy) is 1. The number of hydrogen-bond acceptors (Lipinski definition) is 3. The van der Waals surface area contributed by atoms with Gasteiger partial charge >= 0.3 is 12.1 Å². The zero-order valence-electron chi connectivity index (χ0n) is 16.6. The Labute approximate surface area is 184 Å². The van der Waals surface area contributed by atoms with Crippen LogP contribution in [0.4, 0.5) is 4.79 Å². The normalized spacial score (nSPS) is 16.9. The zero-order valence-corrected chi connectivity index (χ0v) is 17.4. The van der Waals surface area contributed by atoms with Crippen LogP contribution in [-0.4, -0.2) is 34.7 Å². The second kappa shape index (κ2) is 7.75. The van der Waals surface area contributed by atoms with Gasteiger partial charge in [0, 0.05) is 17.4 Å². The van der Waals surface area contributed by atoms with Crippen LogP contribution in [-0.2, 0) is 22.5 Å². The molecule has 1 amide bonds. The average molecular weight is 434 g/mol. The maximum absolute atomic E-state index is 13.0. The number of carboxylic acid groups (broad SMARTS) is 1. The topological polar surface area (TPSA) is 66.8 Å². The number of halogens is 1. The third-order valence-corrected chi connectivity index (χ3v) is 6.39. The van der Waals surface area contributed by atoms with Crippen molar-refractivity contribution >= 4 is 23.7 Å². The van der Waals surface area contributed by atoms with Gasteiger partial charge < -0.3 is 9.84 Å². The molecule has 0 spiro atoms. The number of amides is 1. The molecule has 2 aliphatic rings. The largest absolute Gasteiger partial charge is 0.480 e. The van der Waals surface area contributed by atoms with Crippen molar-refractivity contribution < 1.29 is 19.4 Å². The van der Waals surface area contributed by atoms with Crippen LogP contribution in [0.3, 0.4) is 0 Å². The maximum atomic E-state index is 13.0. The van der Waals surface area contributed by atoms with E-state index in [2.05, 4.69) is 24.3 Å². The van der Waals surface area contributed by atoms with Crippen LogP contribution in [0.25, 0.3) is 11.1 Å². The van der Waals surface area contributed by atoms with E-state index in [-0.39, 0.29) is 25.5 Å².